The average Bonchev–Trinajstić information content (AvgIpc) is 3.93. The largest absolute Gasteiger partial charge is 0.378 e. The number of thiophene rings is 1. The molecule has 0 unspecified atom stereocenters. The van der Waals surface area contributed by atoms with Gasteiger partial charge in [-0.2, -0.15) is 0 Å². The van der Waals surface area contributed by atoms with Gasteiger partial charge in [0.25, 0.3) is 0 Å². The van der Waals surface area contributed by atoms with Crippen LogP contribution >= 0.6 is 34.9 Å². The molecule has 0 saturated carbocycles. The first-order chi connectivity index (χ1) is 30.6. The summed E-state index contributed by atoms with van der Waals surface area (Å²) in [4.78, 5) is 8.00. The predicted octanol–water partition coefficient (Wildman–Crippen LogP) is 15.3. The Hall–Kier alpha value is -5.92. The monoisotopic (exact) mass is 860 g/mol. The molecule has 300 valence electrons. The molecule has 0 atom stereocenters. The van der Waals surface area contributed by atoms with E-state index in [2.05, 4.69) is 202 Å². The molecule has 4 aliphatic rings. The van der Waals surface area contributed by atoms with Crippen LogP contribution in [0.2, 0.25) is 0 Å². The number of rotatable bonds is 2. The molecule has 0 fully saturated rings. The van der Waals surface area contributed by atoms with Crippen LogP contribution in [0.4, 0.5) is 17.1 Å². The number of hydrogen-bond acceptors (Lipinski definition) is 4. The second-order valence-corrected chi connectivity index (χ2v) is 22.4. The minimum absolute atomic E-state index is 0.0216. The van der Waals surface area contributed by atoms with E-state index in [-0.39, 0.29) is 17.7 Å². The number of fused-ring (bicyclic) bond motifs is 15. The first kappa shape index (κ1) is 36.6. The van der Waals surface area contributed by atoms with Crippen LogP contribution in [0.3, 0.4) is 0 Å². The van der Waals surface area contributed by atoms with Gasteiger partial charge in [-0.25, -0.2) is 0 Å². The molecule has 0 bridgehead atoms. The van der Waals surface area contributed by atoms with Crippen molar-refractivity contribution in [3.05, 3.63) is 175 Å². The van der Waals surface area contributed by atoms with Gasteiger partial charge >= 0.3 is 6.85 Å². The zero-order valence-electron chi connectivity index (χ0n) is 35.7. The van der Waals surface area contributed by atoms with E-state index >= 15 is 0 Å². The summed E-state index contributed by atoms with van der Waals surface area (Å²) < 4.78 is 5.49. The molecule has 6 heteroatoms. The smallest absolute Gasteiger partial charge is 0.332 e. The highest BCUT2D eigenvalue weighted by Crippen LogP contribution is 2.59. The molecule has 0 N–H and O–H groups in total. The molecule has 0 spiro atoms. The highest BCUT2D eigenvalue weighted by Gasteiger charge is 2.50. The maximum atomic E-state index is 2.82. The SMILES string of the molecule is CC(C)(C)c1ccc(N2c3cc4c(cc3B3c5c(cc6c(sc7ccccc76)c52)-c2cccc5c6c(n3c25)C(C)(C)c2ccccc2-6)Sc2ccccc2S4)c(-c2ccccc2)c1. The Kier molecular flexibility index (Phi) is 7.33. The Morgan fingerprint density at radius 2 is 1.25 bits per heavy atom. The Balaban J connectivity index is 1.18. The summed E-state index contributed by atoms with van der Waals surface area (Å²) in [7, 11) is 0. The van der Waals surface area contributed by atoms with Gasteiger partial charge in [0, 0.05) is 79.4 Å². The lowest BCUT2D eigenvalue weighted by Gasteiger charge is -2.43. The van der Waals surface area contributed by atoms with E-state index in [1.54, 1.807) is 0 Å². The minimum atomic E-state index is -0.208. The molecule has 3 aliphatic heterocycles. The molecule has 10 aromatic rings. The Labute approximate surface area is 380 Å². The molecule has 2 aromatic heterocycles. The van der Waals surface area contributed by atoms with E-state index in [1.165, 1.54) is 129 Å². The summed E-state index contributed by atoms with van der Waals surface area (Å²) in [6.07, 6.45) is 0. The van der Waals surface area contributed by atoms with Crippen molar-refractivity contribution in [1.82, 2.24) is 4.48 Å². The zero-order valence-corrected chi connectivity index (χ0v) is 38.2. The first-order valence-electron chi connectivity index (χ1n) is 22.0. The van der Waals surface area contributed by atoms with Crippen molar-refractivity contribution in [3.63, 3.8) is 0 Å². The van der Waals surface area contributed by atoms with Crippen LogP contribution in [0.15, 0.2) is 177 Å². The second-order valence-electron chi connectivity index (χ2n) is 19.2. The Morgan fingerprint density at radius 3 is 2.06 bits per heavy atom. The van der Waals surface area contributed by atoms with Gasteiger partial charge in [-0.1, -0.05) is 167 Å². The van der Waals surface area contributed by atoms with Gasteiger partial charge < -0.3 is 9.38 Å². The quantitative estimate of drug-likeness (QED) is 0.160. The van der Waals surface area contributed by atoms with Crippen molar-refractivity contribution in [2.75, 3.05) is 4.90 Å². The van der Waals surface area contributed by atoms with Crippen LogP contribution in [0.1, 0.15) is 51.4 Å². The molecule has 14 rings (SSSR count). The van der Waals surface area contributed by atoms with Gasteiger partial charge in [0.05, 0.1) is 16.1 Å². The fourth-order valence-electron chi connectivity index (χ4n) is 11.5. The molecular formula is C57H41BN2S3. The third kappa shape index (κ3) is 4.84. The van der Waals surface area contributed by atoms with Crippen molar-refractivity contribution >= 4 is 101 Å². The molecule has 0 radical (unpaired) electrons. The van der Waals surface area contributed by atoms with Gasteiger partial charge in [-0.05, 0) is 92.7 Å². The molecule has 0 amide bonds. The van der Waals surface area contributed by atoms with E-state index in [0.717, 1.165) is 0 Å². The van der Waals surface area contributed by atoms with Crippen LogP contribution in [-0.4, -0.2) is 11.3 Å². The maximum Gasteiger partial charge on any atom is 0.332 e. The van der Waals surface area contributed by atoms with Crippen LogP contribution in [0.25, 0.3) is 64.5 Å². The van der Waals surface area contributed by atoms with Crippen LogP contribution in [-0.2, 0) is 10.8 Å². The van der Waals surface area contributed by atoms with Crippen molar-refractivity contribution in [2.24, 2.45) is 0 Å². The Bertz CT molecular complexity index is 3660. The molecule has 0 saturated heterocycles. The van der Waals surface area contributed by atoms with Crippen molar-refractivity contribution < 1.29 is 0 Å². The van der Waals surface area contributed by atoms with Gasteiger partial charge in [0.1, 0.15) is 0 Å². The summed E-state index contributed by atoms with van der Waals surface area (Å²) in [5, 5.41) is 4.01. The van der Waals surface area contributed by atoms with Crippen LogP contribution < -0.4 is 15.8 Å². The highest BCUT2D eigenvalue weighted by atomic mass is 32.2. The number of benzene rings is 8. The third-order valence-corrected chi connectivity index (χ3v) is 18.0. The summed E-state index contributed by atoms with van der Waals surface area (Å²) in [6, 6.07) is 60.4. The van der Waals surface area contributed by atoms with Crippen molar-refractivity contribution in [2.45, 2.75) is 65.0 Å². The molecule has 5 heterocycles. The highest BCUT2D eigenvalue weighted by molar-refractivity contribution is 8.05. The molecule has 8 aromatic carbocycles. The summed E-state index contributed by atoms with van der Waals surface area (Å²) >= 11 is 5.80. The molecular weight excluding hydrogens is 820 g/mol. The van der Waals surface area contributed by atoms with E-state index in [1.807, 2.05) is 34.9 Å². The zero-order chi connectivity index (χ0) is 42.1. The van der Waals surface area contributed by atoms with Crippen LogP contribution in [0.5, 0.6) is 0 Å². The lowest BCUT2D eigenvalue weighted by Crippen LogP contribution is -2.57. The summed E-state index contributed by atoms with van der Waals surface area (Å²) in [6.45, 7) is 11.9. The molecule has 63 heavy (non-hydrogen) atoms. The summed E-state index contributed by atoms with van der Waals surface area (Å²) in [5.74, 6) is 0. The third-order valence-electron chi connectivity index (χ3n) is 14.3. The maximum absolute atomic E-state index is 2.82. The molecule has 1 aliphatic carbocycles. The number of para-hydroxylation sites is 1. The average molecular weight is 861 g/mol. The number of anilines is 3. The van der Waals surface area contributed by atoms with Gasteiger partial charge in [-0.3, -0.25) is 0 Å². The number of hydrogen-bond donors (Lipinski definition) is 0. The lowest BCUT2D eigenvalue weighted by atomic mass is 9.44. The van der Waals surface area contributed by atoms with E-state index in [0.29, 0.717) is 0 Å². The lowest BCUT2D eigenvalue weighted by molar-refractivity contribution is 0.590. The fraction of sp³-hybridized carbons (Fsp3) is 0.123. The predicted molar refractivity (Wildman–Crippen MR) is 272 cm³/mol. The van der Waals surface area contributed by atoms with Gasteiger partial charge in [0.2, 0.25) is 0 Å². The number of aromatic nitrogens is 1. The number of nitrogens with zero attached hydrogens (tertiary/aromatic N) is 2. The van der Waals surface area contributed by atoms with Crippen LogP contribution in [0, 0.1) is 0 Å². The summed E-state index contributed by atoms with van der Waals surface area (Å²) in [5.41, 5.74) is 19.8. The topological polar surface area (TPSA) is 8.17 Å². The van der Waals surface area contributed by atoms with Gasteiger partial charge in [0.15, 0.2) is 0 Å². The minimum Gasteiger partial charge on any atom is -0.378 e. The molecule has 2 nitrogen and oxygen atoms in total. The standard InChI is InChI=1S/C57H41BN2S3/c1-56(2,3)33-26-27-43(38(28-33)32-16-7-6-8-17-32)59-44-31-49-48(61-46-24-13-14-25-47(46)62-49)30-42(44)58-51-39(29-40-34-18-10-12-23-45(34)63-54(40)53(51)59)35-20-15-21-37-50-36-19-9-11-22-41(36)57(4,5)55(50)60(58)52(35)37/h6-31H,1-5H3. The normalized spacial score (nSPS) is 15.0. The van der Waals surface area contributed by atoms with E-state index < -0.39 is 0 Å². The van der Waals surface area contributed by atoms with Crippen molar-refractivity contribution in [3.8, 4) is 33.4 Å². The van der Waals surface area contributed by atoms with E-state index in [4.69, 9.17) is 0 Å². The van der Waals surface area contributed by atoms with Gasteiger partial charge in [-0.15, -0.1) is 11.3 Å². The second kappa shape index (κ2) is 12.6. The first-order valence-corrected chi connectivity index (χ1v) is 24.5. The van der Waals surface area contributed by atoms with Crippen molar-refractivity contribution in [1.29, 1.82) is 0 Å². The Morgan fingerprint density at radius 1 is 0.556 bits per heavy atom. The van der Waals surface area contributed by atoms with E-state index in [9.17, 15) is 0 Å². The fourth-order valence-corrected chi connectivity index (χ4v) is 15.0.